The number of carbonyl (C=O) groups is 1. The van der Waals surface area contributed by atoms with Gasteiger partial charge in [-0.2, -0.15) is 5.10 Å². The first-order chi connectivity index (χ1) is 9.11. The summed E-state index contributed by atoms with van der Waals surface area (Å²) in [7, 11) is 3.19. The number of nitrogens with zero attached hydrogens (tertiary/aromatic N) is 2. The molecular weight excluding hydrogens is 244 g/mol. The molecule has 6 heteroatoms. The first-order valence-corrected chi connectivity index (χ1v) is 5.80. The van der Waals surface area contributed by atoms with Gasteiger partial charge in [-0.3, -0.25) is 4.68 Å². The third kappa shape index (κ3) is 2.85. The average Bonchev–Trinajstić information content (AvgIpc) is 2.82. The van der Waals surface area contributed by atoms with E-state index in [0.29, 0.717) is 23.5 Å². The molecule has 19 heavy (non-hydrogen) atoms. The van der Waals surface area contributed by atoms with Crippen LogP contribution < -0.4 is 11.1 Å². The van der Waals surface area contributed by atoms with E-state index in [4.69, 9.17) is 5.73 Å². The normalized spacial score (nSPS) is 10.2. The number of aryl methyl sites for hydroxylation is 1. The van der Waals surface area contributed by atoms with Crippen LogP contribution in [0.15, 0.2) is 30.6 Å². The lowest BCUT2D eigenvalue weighted by Crippen LogP contribution is -2.09. The van der Waals surface area contributed by atoms with E-state index in [-0.39, 0.29) is 0 Å². The molecule has 0 aliphatic heterocycles. The monoisotopic (exact) mass is 260 g/mol. The highest BCUT2D eigenvalue weighted by atomic mass is 16.5. The highest BCUT2D eigenvalue weighted by molar-refractivity contribution is 5.98. The Balaban J connectivity index is 2.14. The molecule has 0 aliphatic carbocycles. The van der Waals surface area contributed by atoms with Gasteiger partial charge in [0.05, 0.1) is 30.2 Å². The minimum atomic E-state index is -0.442. The Bertz CT molecular complexity index is 592. The second-order valence-electron chi connectivity index (χ2n) is 4.13. The number of esters is 1. The summed E-state index contributed by atoms with van der Waals surface area (Å²) in [5, 5.41) is 7.26. The summed E-state index contributed by atoms with van der Waals surface area (Å²) in [5.74, 6) is -0.442. The lowest BCUT2D eigenvalue weighted by molar-refractivity contribution is 0.0602. The molecule has 1 aromatic carbocycles. The molecule has 0 aliphatic rings. The third-order valence-electron chi connectivity index (χ3n) is 2.75. The van der Waals surface area contributed by atoms with Gasteiger partial charge in [0.25, 0.3) is 0 Å². The van der Waals surface area contributed by atoms with Crippen molar-refractivity contribution >= 4 is 17.3 Å². The summed E-state index contributed by atoms with van der Waals surface area (Å²) >= 11 is 0. The van der Waals surface area contributed by atoms with Crippen LogP contribution in [0.1, 0.15) is 15.9 Å². The molecule has 3 N–H and O–H groups in total. The molecule has 0 spiro atoms. The molecule has 6 nitrogen and oxygen atoms in total. The van der Waals surface area contributed by atoms with Crippen LogP contribution in [-0.2, 0) is 18.3 Å². The Morgan fingerprint density at radius 3 is 2.95 bits per heavy atom. The number of hydrogen-bond donors (Lipinski definition) is 2. The number of nitrogen functional groups attached to an aromatic ring is 1. The maximum Gasteiger partial charge on any atom is 0.340 e. The van der Waals surface area contributed by atoms with E-state index in [0.717, 1.165) is 5.56 Å². The van der Waals surface area contributed by atoms with E-state index in [9.17, 15) is 4.79 Å². The number of anilines is 2. The number of ether oxygens (including phenoxy) is 1. The second kappa shape index (κ2) is 5.43. The molecule has 0 fully saturated rings. The third-order valence-corrected chi connectivity index (χ3v) is 2.75. The van der Waals surface area contributed by atoms with Crippen molar-refractivity contribution in [2.75, 3.05) is 18.2 Å². The van der Waals surface area contributed by atoms with Crippen molar-refractivity contribution < 1.29 is 9.53 Å². The molecule has 0 unspecified atom stereocenters. The van der Waals surface area contributed by atoms with Crippen molar-refractivity contribution in [2.45, 2.75) is 6.54 Å². The topological polar surface area (TPSA) is 82.2 Å². The highest BCUT2D eigenvalue weighted by Crippen LogP contribution is 2.23. The van der Waals surface area contributed by atoms with Gasteiger partial charge in [-0.15, -0.1) is 0 Å². The molecule has 1 aromatic heterocycles. The smallest absolute Gasteiger partial charge is 0.340 e. The molecule has 0 atom stereocenters. The minimum Gasteiger partial charge on any atom is -0.465 e. The number of benzene rings is 1. The van der Waals surface area contributed by atoms with Gasteiger partial charge in [-0.1, -0.05) is 6.07 Å². The number of para-hydroxylation sites is 1. The summed E-state index contributed by atoms with van der Waals surface area (Å²) in [6.07, 6.45) is 3.68. The van der Waals surface area contributed by atoms with E-state index in [1.165, 1.54) is 7.11 Å². The van der Waals surface area contributed by atoms with E-state index in [1.807, 2.05) is 19.3 Å². The Morgan fingerprint density at radius 1 is 1.53 bits per heavy atom. The van der Waals surface area contributed by atoms with E-state index < -0.39 is 5.97 Å². The van der Waals surface area contributed by atoms with Crippen molar-refractivity contribution in [3.05, 3.63) is 41.7 Å². The van der Waals surface area contributed by atoms with Gasteiger partial charge in [0.1, 0.15) is 0 Å². The van der Waals surface area contributed by atoms with Crippen LogP contribution in [0.4, 0.5) is 11.4 Å². The molecule has 2 aromatic rings. The molecule has 2 rings (SSSR count). The summed E-state index contributed by atoms with van der Waals surface area (Å²) in [6, 6.07) is 5.21. The number of carbonyl (C=O) groups excluding carboxylic acids is 1. The SMILES string of the molecule is COC(=O)c1cccc(NCc2cnn(C)c2)c1N. The van der Waals surface area contributed by atoms with Crippen molar-refractivity contribution in [3.8, 4) is 0 Å². The van der Waals surface area contributed by atoms with Gasteiger partial charge in [0.2, 0.25) is 0 Å². The van der Waals surface area contributed by atoms with Crippen LogP contribution in [0.2, 0.25) is 0 Å². The molecule has 0 saturated heterocycles. The van der Waals surface area contributed by atoms with Gasteiger partial charge >= 0.3 is 5.97 Å². The molecular formula is C13H16N4O2. The number of rotatable bonds is 4. The van der Waals surface area contributed by atoms with Gasteiger partial charge in [-0.05, 0) is 12.1 Å². The molecule has 0 radical (unpaired) electrons. The Hall–Kier alpha value is -2.50. The van der Waals surface area contributed by atoms with E-state index in [2.05, 4.69) is 15.2 Å². The predicted octanol–water partition coefficient (Wildman–Crippen LogP) is 1.40. The largest absolute Gasteiger partial charge is 0.465 e. The first kappa shape index (κ1) is 12.9. The molecule has 1 heterocycles. The van der Waals surface area contributed by atoms with E-state index in [1.54, 1.807) is 23.0 Å². The zero-order valence-electron chi connectivity index (χ0n) is 10.9. The Kier molecular flexibility index (Phi) is 3.70. The number of aromatic nitrogens is 2. The standard InChI is InChI=1S/C13H16N4O2/c1-17-8-9(7-16-17)6-15-11-5-3-4-10(12(11)14)13(18)19-2/h3-5,7-8,15H,6,14H2,1-2H3. The van der Waals surface area contributed by atoms with E-state index >= 15 is 0 Å². The zero-order valence-corrected chi connectivity index (χ0v) is 10.9. The lowest BCUT2D eigenvalue weighted by atomic mass is 10.1. The van der Waals surface area contributed by atoms with Gasteiger partial charge in [0.15, 0.2) is 0 Å². The van der Waals surface area contributed by atoms with Gasteiger partial charge in [-0.25, -0.2) is 4.79 Å². The maximum atomic E-state index is 11.5. The van der Waals surface area contributed by atoms with Crippen LogP contribution in [0.5, 0.6) is 0 Å². The lowest BCUT2D eigenvalue weighted by Gasteiger charge is -2.11. The average molecular weight is 260 g/mol. The molecule has 0 amide bonds. The van der Waals surface area contributed by atoms with Crippen molar-refractivity contribution in [3.63, 3.8) is 0 Å². The molecule has 0 bridgehead atoms. The quantitative estimate of drug-likeness (QED) is 0.641. The van der Waals surface area contributed by atoms with Crippen LogP contribution in [0.3, 0.4) is 0 Å². The zero-order chi connectivity index (χ0) is 13.8. The summed E-state index contributed by atoms with van der Waals surface area (Å²) < 4.78 is 6.41. The minimum absolute atomic E-state index is 0.360. The number of nitrogens with two attached hydrogens (primary N) is 1. The second-order valence-corrected chi connectivity index (χ2v) is 4.13. The summed E-state index contributed by atoms with van der Waals surface area (Å²) in [6.45, 7) is 0.586. The van der Waals surface area contributed by atoms with Crippen LogP contribution >= 0.6 is 0 Å². The number of hydrogen-bond acceptors (Lipinski definition) is 5. The predicted molar refractivity (Wildman–Crippen MR) is 72.7 cm³/mol. The van der Waals surface area contributed by atoms with Crippen molar-refractivity contribution in [1.82, 2.24) is 9.78 Å². The number of methoxy groups -OCH3 is 1. The first-order valence-electron chi connectivity index (χ1n) is 5.80. The molecule has 100 valence electrons. The highest BCUT2D eigenvalue weighted by Gasteiger charge is 2.12. The summed E-state index contributed by atoms with van der Waals surface area (Å²) in [4.78, 5) is 11.5. The van der Waals surface area contributed by atoms with Gasteiger partial charge in [0, 0.05) is 25.4 Å². The van der Waals surface area contributed by atoms with Gasteiger partial charge < -0.3 is 15.8 Å². The summed E-state index contributed by atoms with van der Waals surface area (Å²) in [5.41, 5.74) is 8.43. The Labute approximate surface area is 111 Å². The van der Waals surface area contributed by atoms with Crippen molar-refractivity contribution in [2.24, 2.45) is 7.05 Å². The van der Waals surface area contributed by atoms with Crippen LogP contribution in [-0.4, -0.2) is 22.9 Å². The fourth-order valence-electron chi connectivity index (χ4n) is 1.77. The van der Waals surface area contributed by atoms with Crippen LogP contribution in [0, 0.1) is 0 Å². The maximum absolute atomic E-state index is 11.5. The fraction of sp³-hybridized carbons (Fsp3) is 0.231. The molecule has 0 saturated carbocycles. The van der Waals surface area contributed by atoms with Crippen LogP contribution in [0.25, 0.3) is 0 Å². The van der Waals surface area contributed by atoms with Crippen molar-refractivity contribution in [1.29, 1.82) is 0 Å². The number of nitrogens with one attached hydrogen (secondary N) is 1. The Morgan fingerprint density at radius 2 is 2.32 bits per heavy atom. The fourth-order valence-corrected chi connectivity index (χ4v) is 1.77.